The van der Waals surface area contributed by atoms with Crippen molar-refractivity contribution in [2.45, 2.75) is 167 Å². The minimum absolute atomic E-state index is 0.0287. The van der Waals surface area contributed by atoms with E-state index >= 15 is 0 Å². The highest BCUT2D eigenvalue weighted by atomic mass is 16.6. The van der Waals surface area contributed by atoms with E-state index in [1.165, 1.54) is 25.7 Å². The maximum absolute atomic E-state index is 12.0. The van der Waals surface area contributed by atoms with Crippen LogP contribution in [0.5, 0.6) is 0 Å². The van der Waals surface area contributed by atoms with Crippen molar-refractivity contribution in [1.29, 1.82) is 0 Å². The molecule has 0 saturated heterocycles. The summed E-state index contributed by atoms with van der Waals surface area (Å²) in [6, 6.07) is 0. The van der Waals surface area contributed by atoms with Crippen LogP contribution in [-0.2, 0) is 19.1 Å². The number of esters is 2. The van der Waals surface area contributed by atoms with Gasteiger partial charge in [0, 0.05) is 25.2 Å². The van der Waals surface area contributed by atoms with Gasteiger partial charge in [0.05, 0.1) is 18.3 Å². The molecule has 0 amide bonds. The average molecular weight is 613 g/mol. The van der Waals surface area contributed by atoms with Gasteiger partial charge in [-0.3, -0.25) is 9.59 Å². The van der Waals surface area contributed by atoms with Gasteiger partial charge in [-0.1, -0.05) is 110 Å². The minimum Gasteiger partial charge on any atom is -0.463 e. The van der Waals surface area contributed by atoms with Crippen LogP contribution in [0.4, 0.5) is 0 Å². The van der Waals surface area contributed by atoms with Crippen molar-refractivity contribution in [2.75, 3.05) is 13.2 Å². The Balaban J connectivity index is 2.09. The molecular formula is C35H64O8. The fraction of sp³-hybridized carbons (Fsp3) is 0.886. The Hall–Kier alpha value is -1.48. The molecule has 4 N–H and O–H groups in total. The topological polar surface area (TPSA) is 134 Å². The first-order chi connectivity index (χ1) is 20.6. The monoisotopic (exact) mass is 612 g/mol. The third-order valence-electron chi connectivity index (χ3n) is 8.53. The molecule has 252 valence electrons. The third kappa shape index (κ3) is 20.2. The quantitative estimate of drug-likeness (QED) is 0.0501. The fourth-order valence-electron chi connectivity index (χ4n) is 5.84. The predicted octanol–water partition coefficient (Wildman–Crippen LogP) is 6.41. The molecule has 0 spiro atoms. The van der Waals surface area contributed by atoms with Crippen molar-refractivity contribution < 1.29 is 39.5 Å². The SMILES string of the molecule is CCCCC[C@H](O)/C=C/[C@@H]1[C@@H](CCCCCCC(=O)OC[C@@H](O)COC(=O)CCCCCCCCC(C)C)[C@@H](O)C[C@H]1O. The van der Waals surface area contributed by atoms with Crippen LogP contribution in [0, 0.1) is 17.8 Å². The number of carbonyl (C=O) groups excluding carboxylic acids is 2. The maximum atomic E-state index is 12.0. The minimum atomic E-state index is -1.03. The number of hydrogen-bond acceptors (Lipinski definition) is 8. The molecule has 8 nitrogen and oxygen atoms in total. The largest absolute Gasteiger partial charge is 0.463 e. The molecule has 1 saturated carbocycles. The fourth-order valence-corrected chi connectivity index (χ4v) is 5.84. The van der Waals surface area contributed by atoms with Gasteiger partial charge < -0.3 is 29.9 Å². The summed E-state index contributed by atoms with van der Waals surface area (Å²) in [6.45, 7) is 6.26. The first kappa shape index (κ1) is 39.5. The van der Waals surface area contributed by atoms with E-state index < -0.39 is 24.4 Å². The van der Waals surface area contributed by atoms with Crippen LogP contribution in [0.1, 0.15) is 143 Å². The molecule has 0 unspecified atom stereocenters. The lowest BCUT2D eigenvalue weighted by Gasteiger charge is -2.21. The Morgan fingerprint density at radius 1 is 0.744 bits per heavy atom. The van der Waals surface area contributed by atoms with Crippen molar-refractivity contribution in [3.8, 4) is 0 Å². The van der Waals surface area contributed by atoms with Crippen molar-refractivity contribution in [3.63, 3.8) is 0 Å². The van der Waals surface area contributed by atoms with Crippen LogP contribution in [0.2, 0.25) is 0 Å². The molecule has 1 rings (SSSR count). The Morgan fingerprint density at radius 2 is 1.28 bits per heavy atom. The molecular weight excluding hydrogens is 548 g/mol. The second kappa shape index (κ2) is 24.8. The molecule has 0 radical (unpaired) electrons. The number of hydrogen-bond donors (Lipinski definition) is 4. The van der Waals surface area contributed by atoms with Crippen molar-refractivity contribution >= 4 is 11.9 Å². The van der Waals surface area contributed by atoms with Gasteiger partial charge in [0.2, 0.25) is 0 Å². The Labute approximate surface area is 261 Å². The summed E-state index contributed by atoms with van der Waals surface area (Å²) in [5.41, 5.74) is 0. The third-order valence-corrected chi connectivity index (χ3v) is 8.53. The highest BCUT2D eigenvalue weighted by Gasteiger charge is 2.39. The normalized spacial score (nSPS) is 21.9. The highest BCUT2D eigenvalue weighted by molar-refractivity contribution is 5.69. The van der Waals surface area contributed by atoms with E-state index in [1.54, 1.807) is 6.08 Å². The summed E-state index contributed by atoms with van der Waals surface area (Å²) in [7, 11) is 0. The smallest absolute Gasteiger partial charge is 0.305 e. The van der Waals surface area contributed by atoms with Crippen LogP contribution in [-0.4, -0.2) is 70.0 Å². The van der Waals surface area contributed by atoms with E-state index in [4.69, 9.17) is 9.47 Å². The standard InChI is InChI=1S/C35H64O8/c1-4-5-12-18-28(36)22-23-31-30(32(38)24-33(31)39)19-14-10-11-16-21-35(41)43-26-29(37)25-42-34(40)20-15-9-7-6-8-13-17-27(2)3/h22-23,27-33,36-39H,4-21,24-26H2,1-3H3/b23-22+/t28-,29-,30+,31+,32-,33+/m0/s1. The molecule has 8 heteroatoms. The number of unbranched alkanes of at least 4 members (excludes halogenated alkanes) is 10. The molecule has 1 fully saturated rings. The van der Waals surface area contributed by atoms with Gasteiger partial charge in [-0.25, -0.2) is 0 Å². The number of rotatable bonds is 26. The lowest BCUT2D eigenvalue weighted by atomic mass is 9.88. The van der Waals surface area contributed by atoms with E-state index in [0.29, 0.717) is 25.7 Å². The number of ether oxygens (including phenoxy) is 2. The van der Waals surface area contributed by atoms with Crippen molar-refractivity contribution in [1.82, 2.24) is 0 Å². The highest BCUT2D eigenvalue weighted by Crippen LogP contribution is 2.37. The zero-order valence-electron chi connectivity index (χ0n) is 27.5. The second-order valence-corrected chi connectivity index (χ2v) is 13.1. The Bertz CT molecular complexity index is 739. The van der Waals surface area contributed by atoms with E-state index in [-0.39, 0.29) is 43.4 Å². The van der Waals surface area contributed by atoms with Gasteiger partial charge in [0.25, 0.3) is 0 Å². The summed E-state index contributed by atoms with van der Waals surface area (Å²) in [4.78, 5) is 23.9. The van der Waals surface area contributed by atoms with Crippen LogP contribution in [0.25, 0.3) is 0 Å². The van der Waals surface area contributed by atoms with E-state index in [9.17, 15) is 30.0 Å². The molecule has 0 bridgehead atoms. The van der Waals surface area contributed by atoms with Crippen LogP contribution >= 0.6 is 0 Å². The first-order valence-corrected chi connectivity index (χ1v) is 17.4. The zero-order chi connectivity index (χ0) is 31.9. The zero-order valence-corrected chi connectivity index (χ0v) is 27.5. The lowest BCUT2D eigenvalue weighted by Crippen LogP contribution is -2.25. The number of aliphatic hydroxyl groups is 4. The molecule has 1 aliphatic rings. The Kier molecular flexibility index (Phi) is 22.8. The lowest BCUT2D eigenvalue weighted by molar-refractivity contribution is -0.152. The van der Waals surface area contributed by atoms with Crippen molar-refractivity contribution in [2.24, 2.45) is 17.8 Å². The summed E-state index contributed by atoms with van der Waals surface area (Å²) in [5.74, 6) is -0.123. The molecule has 43 heavy (non-hydrogen) atoms. The van der Waals surface area contributed by atoms with E-state index in [1.807, 2.05) is 6.08 Å². The Morgan fingerprint density at radius 3 is 1.86 bits per heavy atom. The molecule has 0 aromatic rings. The van der Waals surface area contributed by atoms with Crippen LogP contribution < -0.4 is 0 Å². The maximum Gasteiger partial charge on any atom is 0.305 e. The summed E-state index contributed by atoms with van der Waals surface area (Å²) >= 11 is 0. The van der Waals surface area contributed by atoms with Crippen molar-refractivity contribution in [3.05, 3.63) is 12.2 Å². The van der Waals surface area contributed by atoms with Crippen LogP contribution in [0.15, 0.2) is 12.2 Å². The molecule has 0 aromatic carbocycles. The number of aliphatic hydroxyl groups excluding tert-OH is 4. The number of carbonyl (C=O) groups is 2. The molecule has 0 aromatic heterocycles. The molecule has 0 aliphatic heterocycles. The van der Waals surface area contributed by atoms with E-state index in [0.717, 1.165) is 70.1 Å². The van der Waals surface area contributed by atoms with Gasteiger partial charge in [0.1, 0.15) is 19.3 Å². The molecule has 6 atom stereocenters. The van der Waals surface area contributed by atoms with E-state index in [2.05, 4.69) is 20.8 Å². The summed E-state index contributed by atoms with van der Waals surface area (Å²) in [5, 5.41) is 41.0. The molecule has 1 aliphatic carbocycles. The van der Waals surface area contributed by atoms with Gasteiger partial charge in [0.15, 0.2) is 0 Å². The van der Waals surface area contributed by atoms with Gasteiger partial charge in [-0.2, -0.15) is 0 Å². The molecule has 0 heterocycles. The van der Waals surface area contributed by atoms with Gasteiger partial charge >= 0.3 is 11.9 Å². The second-order valence-electron chi connectivity index (χ2n) is 13.1. The van der Waals surface area contributed by atoms with Gasteiger partial charge in [-0.05, 0) is 37.5 Å². The summed E-state index contributed by atoms with van der Waals surface area (Å²) in [6.07, 6.45) is 17.8. The average Bonchev–Trinajstić information content (AvgIpc) is 3.23. The van der Waals surface area contributed by atoms with Crippen LogP contribution in [0.3, 0.4) is 0 Å². The van der Waals surface area contributed by atoms with Gasteiger partial charge in [-0.15, -0.1) is 0 Å². The first-order valence-electron chi connectivity index (χ1n) is 17.4. The summed E-state index contributed by atoms with van der Waals surface area (Å²) < 4.78 is 10.2. The predicted molar refractivity (Wildman–Crippen MR) is 170 cm³/mol.